The first-order valence-electron chi connectivity index (χ1n) is 15.0. The zero-order valence-electron chi connectivity index (χ0n) is 29.8. The average Bonchev–Trinajstić information content (AvgIpc) is 2.77. The summed E-state index contributed by atoms with van der Waals surface area (Å²) in [6.45, 7) is 28.0. The van der Waals surface area contributed by atoms with E-state index >= 15 is 0 Å². The molecular weight excluding hydrogens is 638 g/mol. The molecule has 0 saturated heterocycles. The fourth-order valence-corrected chi connectivity index (χ4v) is 5.68. The van der Waals surface area contributed by atoms with E-state index in [0.717, 1.165) is 33.4 Å². The van der Waals surface area contributed by atoms with E-state index in [1.165, 1.54) is 0 Å². The third-order valence-electron chi connectivity index (χ3n) is 7.15. The van der Waals surface area contributed by atoms with Crippen LogP contribution in [0.15, 0.2) is 24.3 Å². The molecule has 11 heteroatoms. The Morgan fingerprint density at radius 3 is 0.933 bits per heavy atom. The normalized spacial score (nSPS) is 14.5. The van der Waals surface area contributed by atoms with Gasteiger partial charge in [0.15, 0.2) is 0 Å². The van der Waals surface area contributed by atoms with Gasteiger partial charge in [-0.15, -0.1) is 9.05 Å². The van der Waals surface area contributed by atoms with Crippen molar-refractivity contribution in [3.63, 3.8) is 0 Å². The maximum atomic E-state index is 10.7. The van der Waals surface area contributed by atoms with Crippen molar-refractivity contribution < 1.29 is 38.2 Å². The molecule has 2 aromatic carbocycles. The molecule has 0 aliphatic heterocycles. The Morgan fingerprint density at radius 2 is 0.778 bits per heavy atom. The maximum absolute atomic E-state index is 10.7. The molecular formula is C34H54CaO8P2+2. The monoisotopic (exact) mass is 692 g/mol. The number of aromatic hydroxyl groups is 2. The molecule has 0 aliphatic rings. The minimum atomic E-state index is -2.85. The predicted molar refractivity (Wildman–Crippen MR) is 180 cm³/mol. The van der Waals surface area contributed by atoms with Crippen LogP contribution in [-0.2, 0) is 52.7 Å². The number of benzene rings is 2. The summed E-state index contributed by atoms with van der Waals surface area (Å²) >= 11 is 0. The van der Waals surface area contributed by atoms with E-state index in [1.807, 2.05) is 107 Å². The van der Waals surface area contributed by atoms with Crippen molar-refractivity contribution >= 4 is 54.2 Å². The molecule has 0 heterocycles. The van der Waals surface area contributed by atoms with Crippen LogP contribution >= 0.6 is 16.5 Å². The Labute approximate surface area is 303 Å². The Hall–Kier alpha value is -0.660. The molecule has 0 bridgehead atoms. The summed E-state index contributed by atoms with van der Waals surface area (Å²) in [5.74, 6) is 0.652. The largest absolute Gasteiger partial charge is 2.00 e. The quantitative estimate of drug-likeness (QED) is 0.214. The fourth-order valence-electron chi connectivity index (χ4n) is 4.94. The molecule has 0 aromatic heterocycles. The van der Waals surface area contributed by atoms with Gasteiger partial charge in [0.2, 0.25) is 0 Å². The minimum Gasteiger partial charge on any atom is -0.566 e. The van der Waals surface area contributed by atoms with Crippen LogP contribution in [0.25, 0.3) is 0 Å². The first-order chi connectivity index (χ1) is 19.6. The van der Waals surface area contributed by atoms with Crippen molar-refractivity contribution in [3.05, 3.63) is 57.6 Å². The molecule has 2 N–H and O–H groups in total. The Morgan fingerprint density at radius 1 is 0.578 bits per heavy atom. The fraction of sp³-hybridized carbons (Fsp3) is 0.647. The molecule has 4 atom stereocenters. The predicted octanol–water partition coefficient (Wildman–Crippen LogP) is 7.52. The van der Waals surface area contributed by atoms with Crippen LogP contribution in [0.2, 0.25) is 0 Å². The summed E-state index contributed by atoms with van der Waals surface area (Å²) in [7, 11) is -5.70. The second kappa shape index (κ2) is 17.1. The summed E-state index contributed by atoms with van der Waals surface area (Å²) < 4.78 is 31.0. The van der Waals surface area contributed by atoms with Gasteiger partial charge in [0.05, 0.1) is 0 Å². The SMILES string of the molecule is CC(Cc1cc(C(C)(C)C)c(O)c(C(C)(C)C)c1)O[P+](=O)[O-].CC(Cc1cc(C(C)(C)C)c(O)c(C(C)(C)C)c1)O[P+](=O)[O-].[Ca+2]. The van der Waals surface area contributed by atoms with E-state index < -0.39 is 28.7 Å². The second-order valence-corrected chi connectivity index (χ2v) is 17.1. The topological polar surface area (TPSA) is 139 Å². The van der Waals surface area contributed by atoms with Gasteiger partial charge >= 0.3 is 54.2 Å². The third-order valence-corrected chi connectivity index (χ3v) is 8.21. The first-order valence-corrected chi connectivity index (χ1v) is 17.2. The zero-order valence-corrected chi connectivity index (χ0v) is 33.8. The van der Waals surface area contributed by atoms with Crippen LogP contribution in [0.3, 0.4) is 0 Å². The van der Waals surface area contributed by atoms with E-state index in [4.69, 9.17) is 9.05 Å². The van der Waals surface area contributed by atoms with Crippen molar-refractivity contribution in [2.75, 3.05) is 0 Å². The molecule has 0 aliphatic carbocycles. The van der Waals surface area contributed by atoms with E-state index in [2.05, 4.69) is 0 Å². The summed E-state index contributed by atoms with van der Waals surface area (Å²) in [6, 6.07) is 7.79. The number of phenols is 2. The van der Waals surface area contributed by atoms with Gasteiger partial charge in [0.1, 0.15) is 23.7 Å². The summed E-state index contributed by atoms with van der Waals surface area (Å²) in [6.07, 6.45) is 0.114. The van der Waals surface area contributed by atoms with Gasteiger partial charge in [0, 0.05) is 12.8 Å². The molecule has 2 aromatic rings. The van der Waals surface area contributed by atoms with Crippen LogP contribution < -0.4 is 9.79 Å². The second-order valence-electron chi connectivity index (χ2n) is 15.8. The molecule has 4 unspecified atom stereocenters. The van der Waals surface area contributed by atoms with Gasteiger partial charge in [-0.25, -0.2) is 0 Å². The van der Waals surface area contributed by atoms with Gasteiger partial charge in [0.25, 0.3) is 0 Å². The maximum Gasteiger partial charge on any atom is 2.00 e. The molecule has 0 amide bonds. The summed E-state index contributed by atoms with van der Waals surface area (Å²) in [5.41, 5.74) is 4.61. The smallest absolute Gasteiger partial charge is 0.566 e. The van der Waals surface area contributed by atoms with Crippen LogP contribution in [0.5, 0.6) is 11.5 Å². The molecule has 0 saturated carbocycles. The van der Waals surface area contributed by atoms with Gasteiger partial charge in [-0.2, -0.15) is 0 Å². The van der Waals surface area contributed by atoms with Crippen molar-refractivity contribution in [2.45, 2.75) is 144 Å². The molecule has 0 radical (unpaired) electrons. The van der Waals surface area contributed by atoms with Crippen LogP contribution in [0, 0.1) is 0 Å². The van der Waals surface area contributed by atoms with E-state index in [1.54, 1.807) is 13.8 Å². The number of phenolic OH excluding ortho intramolecular Hbond substituents is 2. The van der Waals surface area contributed by atoms with E-state index in [9.17, 15) is 29.1 Å². The summed E-state index contributed by atoms with van der Waals surface area (Å²) in [4.78, 5) is 21.4. The standard InChI is InChI=1S/2C17H27O4P.Ca/c2*1-11(21-22(19)20)8-12-9-13(16(2,3)4)15(18)14(10-12)17(5,6)7;/h2*9-11,18H,8H2,1-7H3;/q;;+2. The molecule has 0 fully saturated rings. The van der Waals surface area contributed by atoms with E-state index in [-0.39, 0.29) is 59.4 Å². The Bertz CT molecular complexity index is 1140. The molecule has 0 spiro atoms. The van der Waals surface area contributed by atoms with Gasteiger partial charge in [-0.05, 0) is 78.0 Å². The third kappa shape index (κ3) is 14.6. The van der Waals surface area contributed by atoms with Gasteiger partial charge in [-0.1, -0.05) is 107 Å². The Balaban J connectivity index is 0.000000842. The zero-order chi connectivity index (χ0) is 34.6. The molecule has 45 heavy (non-hydrogen) atoms. The van der Waals surface area contributed by atoms with E-state index in [0.29, 0.717) is 24.3 Å². The Kier molecular flexibility index (Phi) is 16.9. The molecule has 248 valence electrons. The van der Waals surface area contributed by atoms with Crippen LogP contribution in [-0.4, -0.2) is 60.2 Å². The van der Waals surface area contributed by atoms with Crippen LogP contribution in [0.1, 0.15) is 130 Å². The van der Waals surface area contributed by atoms with Crippen LogP contribution in [0.4, 0.5) is 0 Å². The molecule has 8 nitrogen and oxygen atoms in total. The molecule has 2 rings (SSSR count). The number of hydrogen-bond acceptors (Lipinski definition) is 8. The summed E-state index contributed by atoms with van der Waals surface area (Å²) in [5, 5.41) is 21.3. The average molecular weight is 693 g/mol. The van der Waals surface area contributed by atoms with Crippen molar-refractivity contribution in [1.82, 2.24) is 0 Å². The van der Waals surface area contributed by atoms with Gasteiger partial charge in [-0.3, -0.25) is 0 Å². The minimum absolute atomic E-state index is 0. The number of rotatable bonds is 8. The van der Waals surface area contributed by atoms with Gasteiger partial charge < -0.3 is 20.0 Å². The first kappa shape index (κ1) is 44.3. The van der Waals surface area contributed by atoms with Crippen molar-refractivity contribution in [1.29, 1.82) is 0 Å². The van der Waals surface area contributed by atoms with Crippen molar-refractivity contribution in [2.24, 2.45) is 0 Å². The number of hydrogen-bond donors (Lipinski definition) is 2. The van der Waals surface area contributed by atoms with Crippen molar-refractivity contribution in [3.8, 4) is 11.5 Å².